The zero-order valence-corrected chi connectivity index (χ0v) is 53.6. The van der Waals surface area contributed by atoms with E-state index in [-0.39, 0.29) is 17.5 Å². The fourth-order valence-corrected chi connectivity index (χ4v) is 11.8. The van der Waals surface area contributed by atoms with Gasteiger partial charge in [0.1, 0.15) is 12.3 Å². The van der Waals surface area contributed by atoms with Crippen molar-refractivity contribution in [2.75, 3.05) is 26.4 Å². The summed E-state index contributed by atoms with van der Waals surface area (Å²) in [4.78, 5) is 42.6. The van der Waals surface area contributed by atoms with Crippen molar-refractivity contribution in [3.05, 3.63) is 50.3 Å². The summed E-state index contributed by atoms with van der Waals surface area (Å²) in [6.45, 7) is 9.28. The van der Waals surface area contributed by atoms with Crippen LogP contribution in [0.1, 0.15) is 358 Å². The maximum absolute atomic E-state index is 14.7. The zero-order chi connectivity index (χ0) is 58.9. The van der Waals surface area contributed by atoms with Crippen molar-refractivity contribution in [3.8, 4) is 17.2 Å². The van der Waals surface area contributed by atoms with Crippen molar-refractivity contribution in [3.63, 3.8) is 0 Å². The van der Waals surface area contributed by atoms with Gasteiger partial charge in [-0.05, 0) is 38.3 Å². The first-order valence-corrected chi connectivity index (χ1v) is 35.2. The first-order chi connectivity index (χ1) is 40.3. The fraction of sp³-hybridized carbons (Fsp3) is 0.845. The minimum absolute atomic E-state index is 0.0249. The standard InChI is InChI=1S/C71H126N2O9/c1-5-8-11-14-17-20-23-26-29-32-35-38-41-44-47-50-53-79-64-56-62(70(77)73-69(76)61(4)59-72(71(73)78)67-58-63(75)66(60-74)82-67)57-65(80-54-51-48-45-42-39-36-33-30-27-24-21-18-15-12-9-6-2)68(64)81-55-52-49-46-43-40-37-34-31-28-25-22-19-16-13-10-7-3/h56-57,59,63,66-67,74-75H,5-55,58,60H2,1-4H3/t63-,66+,67+/m0/s1. The molecule has 0 bridgehead atoms. The Hall–Kier alpha value is -3.15. The van der Waals surface area contributed by atoms with E-state index in [0.717, 1.165) is 57.8 Å². The summed E-state index contributed by atoms with van der Waals surface area (Å²) >= 11 is 0. The van der Waals surface area contributed by atoms with E-state index in [1.54, 1.807) is 19.1 Å². The molecule has 11 nitrogen and oxygen atoms in total. The number of unbranched alkanes of at least 4 members (excludes halogenated alkanes) is 45. The lowest BCUT2D eigenvalue weighted by molar-refractivity contribution is -0.0462. The normalized spacial score (nSPS) is 15.2. The summed E-state index contributed by atoms with van der Waals surface area (Å²) < 4.78 is 27.4. The Balaban J connectivity index is 1.67. The highest BCUT2D eigenvalue weighted by molar-refractivity contribution is 5.97. The molecule has 1 aromatic heterocycles. The molecule has 0 spiro atoms. The van der Waals surface area contributed by atoms with Crippen LogP contribution >= 0.6 is 0 Å². The molecule has 2 aromatic rings. The zero-order valence-electron chi connectivity index (χ0n) is 53.6. The largest absolute Gasteiger partial charge is 0.490 e. The van der Waals surface area contributed by atoms with Gasteiger partial charge in [-0.25, -0.2) is 4.79 Å². The SMILES string of the molecule is CCCCCCCCCCCCCCCCCCOc1cc(C(=O)n2c(=O)c(C)cn([C@H]3C[C@H](O)[C@@H](CO)O3)c2=O)cc(OCCCCCCCCCCCCCCCCCC)c1OCCCCCCCCCCCCCCCCCC. The Morgan fingerprint density at radius 2 is 0.768 bits per heavy atom. The highest BCUT2D eigenvalue weighted by Crippen LogP contribution is 2.40. The van der Waals surface area contributed by atoms with Crippen LogP contribution in [0, 0.1) is 6.92 Å². The lowest BCUT2D eigenvalue weighted by atomic mass is 10.0. The summed E-state index contributed by atoms with van der Waals surface area (Å²) in [5, 5.41) is 20.3. The molecule has 1 aromatic carbocycles. The van der Waals surface area contributed by atoms with Crippen LogP contribution in [0.4, 0.5) is 0 Å². The number of carbonyl (C=O) groups is 1. The summed E-state index contributed by atoms with van der Waals surface area (Å²) in [5.41, 5.74) is -1.38. The molecule has 11 heteroatoms. The molecule has 1 saturated heterocycles. The van der Waals surface area contributed by atoms with Crippen LogP contribution in [0.25, 0.3) is 0 Å². The molecule has 2 N–H and O–H groups in total. The van der Waals surface area contributed by atoms with Gasteiger partial charge in [0.2, 0.25) is 5.75 Å². The smallest absolute Gasteiger partial charge is 0.340 e. The summed E-state index contributed by atoms with van der Waals surface area (Å²) in [7, 11) is 0. The molecule has 3 atom stereocenters. The average molecular weight is 1150 g/mol. The fourth-order valence-electron chi connectivity index (χ4n) is 11.8. The Bertz CT molecular complexity index is 1900. The molecule has 2 heterocycles. The molecule has 0 unspecified atom stereocenters. The lowest BCUT2D eigenvalue weighted by Crippen LogP contribution is -2.45. The van der Waals surface area contributed by atoms with Crippen LogP contribution in [0.2, 0.25) is 0 Å². The van der Waals surface area contributed by atoms with E-state index in [2.05, 4.69) is 20.8 Å². The van der Waals surface area contributed by atoms with Crippen LogP contribution < -0.4 is 25.5 Å². The maximum atomic E-state index is 14.7. The monoisotopic (exact) mass is 1150 g/mol. The number of carbonyl (C=O) groups excluding carboxylic acids is 1. The van der Waals surface area contributed by atoms with Gasteiger partial charge in [-0.3, -0.25) is 14.2 Å². The minimum atomic E-state index is -1.01. The average Bonchev–Trinajstić information content (AvgIpc) is 3.68. The van der Waals surface area contributed by atoms with E-state index >= 15 is 0 Å². The van der Waals surface area contributed by atoms with Crippen molar-refractivity contribution >= 4 is 5.91 Å². The first kappa shape index (κ1) is 73.1. The Morgan fingerprint density at radius 3 is 1.06 bits per heavy atom. The van der Waals surface area contributed by atoms with E-state index in [4.69, 9.17) is 18.9 Å². The van der Waals surface area contributed by atoms with Crippen LogP contribution in [-0.2, 0) is 4.74 Å². The predicted molar refractivity (Wildman–Crippen MR) is 343 cm³/mol. The number of aromatic nitrogens is 2. The number of benzene rings is 1. The molecular formula is C71H126N2O9. The van der Waals surface area contributed by atoms with Crippen molar-refractivity contribution in [1.82, 2.24) is 9.13 Å². The van der Waals surface area contributed by atoms with Gasteiger partial charge in [-0.15, -0.1) is 0 Å². The highest BCUT2D eigenvalue weighted by atomic mass is 16.5. The van der Waals surface area contributed by atoms with E-state index in [1.807, 2.05) is 0 Å². The second-order valence-electron chi connectivity index (χ2n) is 24.8. The van der Waals surface area contributed by atoms with Crippen LogP contribution in [-0.4, -0.2) is 63.9 Å². The van der Waals surface area contributed by atoms with Crippen LogP contribution in [0.15, 0.2) is 27.9 Å². The van der Waals surface area contributed by atoms with E-state index in [0.29, 0.717) is 41.6 Å². The number of rotatable bonds is 57. The Labute approximate surface area is 501 Å². The molecule has 1 fully saturated rings. The Kier molecular flexibility index (Phi) is 44.6. The summed E-state index contributed by atoms with van der Waals surface area (Å²) in [5.74, 6) is 0.398. The van der Waals surface area contributed by atoms with Gasteiger partial charge in [-0.1, -0.05) is 310 Å². The van der Waals surface area contributed by atoms with Gasteiger partial charge in [-0.2, -0.15) is 4.57 Å². The van der Waals surface area contributed by atoms with Gasteiger partial charge in [0, 0.05) is 23.7 Å². The van der Waals surface area contributed by atoms with Gasteiger partial charge in [0.15, 0.2) is 11.5 Å². The van der Waals surface area contributed by atoms with Crippen molar-refractivity contribution in [2.24, 2.45) is 0 Å². The molecule has 0 aliphatic carbocycles. The van der Waals surface area contributed by atoms with Crippen LogP contribution in [0.3, 0.4) is 0 Å². The van der Waals surface area contributed by atoms with Gasteiger partial charge >= 0.3 is 5.69 Å². The number of ether oxygens (including phenoxy) is 4. The second kappa shape index (κ2) is 50.0. The molecule has 1 aliphatic heterocycles. The molecular weight excluding hydrogens is 1020 g/mol. The first-order valence-electron chi connectivity index (χ1n) is 35.2. The Morgan fingerprint density at radius 1 is 0.476 bits per heavy atom. The summed E-state index contributed by atoms with van der Waals surface area (Å²) in [6.07, 6.45) is 60.0. The second-order valence-corrected chi connectivity index (χ2v) is 24.8. The highest BCUT2D eigenvalue weighted by Gasteiger charge is 2.36. The van der Waals surface area contributed by atoms with Gasteiger partial charge in [0.25, 0.3) is 11.5 Å². The lowest BCUT2D eigenvalue weighted by Gasteiger charge is -2.20. The van der Waals surface area contributed by atoms with Gasteiger partial charge < -0.3 is 29.2 Å². The molecule has 0 amide bonds. The number of aliphatic hydroxyl groups excluding tert-OH is 2. The third-order valence-corrected chi connectivity index (χ3v) is 17.2. The topological polar surface area (TPSA) is 138 Å². The molecule has 3 rings (SSSR count). The summed E-state index contributed by atoms with van der Waals surface area (Å²) in [6, 6.07) is 3.21. The molecule has 474 valence electrons. The number of hydrogen-bond donors (Lipinski definition) is 2. The number of aryl methyl sites for hydroxylation is 1. The third-order valence-electron chi connectivity index (χ3n) is 17.2. The predicted octanol–water partition coefficient (Wildman–Crippen LogP) is 19.6. The van der Waals surface area contributed by atoms with Crippen LogP contribution in [0.5, 0.6) is 17.2 Å². The van der Waals surface area contributed by atoms with Crippen molar-refractivity contribution in [1.29, 1.82) is 0 Å². The van der Waals surface area contributed by atoms with Crippen molar-refractivity contribution in [2.45, 2.75) is 361 Å². The molecule has 1 aliphatic rings. The molecule has 82 heavy (non-hydrogen) atoms. The molecule has 0 radical (unpaired) electrons. The van der Waals surface area contributed by atoms with Crippen molar-refractivity contribution < 1.29 is 34.0 Å². The number of hydrogen-bond acceptors (Lipinski definition) is 9. The van der Waals surface area contributed by atoms with E-state index in [9.17, 15) is 24.6 Å². The van der Waals surface area contributed by atoms with E-state index in [1.165, 1.54) is 261 Å². The van der Waals surface area contributed by atoms with E-state index < -0.39 is 42.2 Å². The number of aliphatic hydroxyl groups is 2. The quantitative estimate of drug-likeness (QED) is 0.0620. The molecule has 0 saturated carbocycles. The van der Waals surface area contributed by atoms with Gasteiger partial charge in [0.05, 0.1) is 32.5 Å². The third kappa shape index (κ3) is 32.9. The number of nitrogens with zero attached hydrogens (tertiary/aromatic N) is 2. The maximum Gasteiger partial charge on any atom is 0.340 e. The minimum Gasteiger partial charge on any atom is -0.490 e.